The van der Waals surface area contributed by atoms with Crippen LogP contribution in [0.4, 0.5) is 11.6 Å². The molecule has 0 amide bonds. The minimum Gasteiger partial charge on any atom is -0.398 e. The van der Waals surface area contributed by atoms with Crippen molar-refractivity contribution in [3.63, 3.8) is 0 Å². The van der Waals surface area contributed by atoms with E-state index >= 15 is 0 Å². The average Bonchev–Trinajstić information content (AvgIpc) is 3.20. The smallest absolute Gasteiger partial charge is 0.398 e. The fourth-order valence-electron chi connectivity index (χ4n) is 3.50. The Labute approximate surface area is 178 Å². The predicted molar refractivity (Wildman–Crippen MR) is 108 cm³/mol. The van der Waals surface area contributed by atoms with Gasteiger partial charge in [0.1, 0.15) is 18.3 Å². The Morgan fingerprint density at radius 2 is 2.06 bits per heavy atom. The van der Waals surface area contributed by atoms with Crippen molar-refractivity contribution in [3.05, 3.63) is 34.6 Å². The number of imidazole rings is 1. The minimum absolute atomic E-state index is 0.0260. The summed E-state index contributed by atoms with van der Waals surface area (Å²) >= 11 is 1.13. The molecule has 4 heterocycles. The lowest BCUT2D eigenvalue weighted by Gasteiger charge is -2.27. The van der Waals surface area contributed by atoms with Crippen molar-refractivity contribution in [2.75, 3.05) is 18.1 Å². The van der Waals surface area contributed by atoms with Crippen LogP contribution in [0.3, 0.4) is 0 Å². The maximum absolute atomic E-state index is 12.4. The van der Waals surface area contributed by atoms with Crippen molar-refractivity contribution in [1.29, 1.82) is 0 Å². The summed E-state index contributed by atoms with van der Waals surface area (Å²) in [6, 6.07) is 7.03. The Kier molecular flexibility index (Phi) is 4.82. The molecule has 2 fully saturated rings. The van der Waals surface area contributed by atoms with Crippen LogP contribution in [-0.4, -0.2) is 54.4 Å². The standard InChI is InChI=1S/C16H17N6O7PS/c17-6-3-1-2-4-8(6)31-16-19-9-12(20-15(18)21-13(9)24)22(16)14-10(23)11-7(28-14)5-27-30(25,26)29-11/h1-4,7,10-11,14,23H,5,17H2,(H,25,26)(H3,18,20,21,24)/t7-,10-,11-,14-/m1/s1. The summed E-state index contributed by atoms with van der Waals surface area (Å²) in [5, 5.41) is 11.1. The molecule has 0 bridgehead atoms. The molecule has 5 rings (SSSR count). The Morgan fingerprint density at radius 3 is 2.84 bits per heavy atom. The number of nitrogen functional groups attached to an aromatic ring is 2. The van der Waals surface area contributed by atoms with E-state index in [4.69, 9.17) is 25.3 Å². The highest BCUT2D eigenvalue weighted by molar-refractivity contribution is 7.99. The van der Waals surface area contributed by atoms with Crippen molar-refractivity contribution in [2.24, 2.45) is 0 Å². The van der Waals surface area contributed by atoms with E-state index in [1.807, 2.05) is 0 Å². The number of ether oxygens (including phenoxy) is 1. The number of para-hydroxylation sites is 1. The van der Waals surface area contributed by atoms with Gasteiger partial charge in [-0.3, -0.25) is 23.4 Å². The maximum atomic E-state index is 12.4. The molecule has 0 saturated carbocycles. The van der Waals surface area contributed by atoms with E-state index in [1.165, 1.54) is 4.57 Å². The second-order valence-corrected chi connectivity index (χ2v) is 9.33. The van der Waals surface area contributed by atoms with E-state index in [0.29, 0.717) is 10.6 Å². The molecular formula is C16H17N6O7PS. The van der Waals surface area contributed by atoms with Gasteiger partial charge < -0.3 is 26.2 Å². The largest absolute Gasteiger partial charge is 0.472 e. The number of nitrogens with one attached hydrogen (secondary N) is 1. The Bertz CT molecular complexity index is 1280. The molecule has 0 aliphatic carbocycles. The number of phosphoric ester groups is 1. The van der Waals surface area contributed by atoms with Crippen LogP contribution in [0.2, 0.25) is 0 Å². The first-order chi connectivity index (χ1) is 14.7. The number of benzene rings is 1. The Hall–Kier alpha value is -2.45. The lowest BCUT2D eigenvalue weighted by Crippen LogP contribution is -2.39. The minimum atomic E-state index is -4.31. The SMILES string of the molecule is Nc1nc2c(nc(Sc3ccccc3N)n2[C@@H]2O[C@@H]3COP(=O)(O)O[C@H]3[C@H]2O)c(=O)[nH]1. The zero-order valence-electron chi connectivity index (χ0n) is 15.6. The van der Waals surface area contributed by atoms with Gasteiger partial charge in [-0.1, -0.05) is 12.1 Å². The van der Waals surface area contributed by atoms with Gasteiger partial charge >= 0.3 is 7.82 Å². The van der Waals surface area contributed by atoms with Crippen molar-refractivity contribution >= 4 is 42.4 Å². The number of rotatable bonds is 3. The molecule has 2 aliphatic rings. The van der Waals surface area contributed by atoms with Crippen molar-refractivity contribution in [3.8, 4) is 0 Å². The van der Waals surface area contributed by atoms with Gasteiger partial charge in [-0.05, 0) is 23.9 Å². The lowest BCUT2D eigenvalue weighted by atomic mass is 10.1. The summed E-state index contributed by atoms with van der Waals surface area (Å²) in [6.45, 7) is -0.261. The monoisotopic (exact) mass is 468 g/mol. The summed E-state index contributed by atoms with van der Waals surface area (Å²) in [5.74, 6) is -0.154. The third-order valence-corrected chi connectivity index (χ3v) is 6.93. The number of hydrogen-bond acceptors (Lipinski definition) is 11. The van der Waals surface area contributed by atoms with Crippen molar-refractivity contribution in [2.45, 2.75) is 34.6 Å². The molecule has 3 aromatic rings. The molecule has 31 heavy (non-hydrogen) atoms. The topological polar surface area (TPSA) is 201 Å². The van der Waals surface area contributed by atoms with Crippen LogP contribution in [0, 0.1) is 0 Å². The van der Waals surface area contributed by atoms with E-state index in [2.05, 4.69) is 15.0 Å². The molecule has 15 heteroatoms. The molecule has 1 unspecified atom stereocenters. The third-order valence-electron chi connectivity index (χ3n) is 4.88. The molecule has 2 aromatic heterocycles. The summed E-state index contributed by atoms with van der Waals surface area (Å²) < 4.78 is 28.8. The second kappa shape index (κ2) is 7.31. The number of aromatic nitrogens is 4. The quantitative estimate of drug-likeness (QED) is 0.259. The Morgan fingerprint density at radius 1 is 1.29 bits per heavy atom. The summed E-state index contributed by atoms with van der Waals surface area (Å²) in [5.41, 5.74) is 11.7. The van der Waals surface area contributed by atoms with E-state index in [1.54, 1.807) is 24.3 Å². The van der Waals surface area contributed by atoms with Crippen LogP contribution in [0.25, 0.3) is 11.2 Å². The molecule has 7 N–H and O–H groups in total. The number of nitrogens with two attached hydrogens (primary N) is 2. The number of phosphoric acid groups is 1. The van der Waals surface area contributed by atoms with Gasteiger partial charge in [-0.2, -0.15) is 4.98 Å². The molecule has 164 valence electrons. The van der Waals surface area contributed by atoms with E-state index < -0.39 is 37.9 Å². The Balaban J connectivity index is 1.64. The first kappa shape index (κ1) is 20.5. The number of fused-ring (bicyclic) bond motifs is 2. The molecule has 13 nitrogen and oxygen atoms in total. The van der Waals surface area contributed by atoms with Crippen LogP contribution >= 0.6 is 19.6 Å². The lowest BCUT2D eigenvalue weighted by molar-refractivity contribution is -0.0684. The summed E-state index contributed by atoms with van der Waals surface area (Å²) in [7, 11) is -4.31. The molecule has 1 aromatic carbocycles. The highest BCUT2D eigenvalue weighted by atomic mass is 32.2. The molecule has 2 saturated heterocycles. The molecule has 0 spiro atoms. The number of hydrogen-bond donors (Lipinski definition) is 5. The van der Waals surface area contributed by atoms with Crippen LogP contribution in [-0.2, 0) is 18.3 Å². The molecule has 0 radical (unpaired) electrons. The molecule has 5 atom stereocenters. The summed E-state index contributed by atoms with van der Waals surface area (Å²) in [6.07, 6.45) is -4.50. The van der Waals surface area contributed by atoms with Gasteiger partial charge in [-0.15, -0.1) is 0 Å². The third kappa shape index (κ3) is 3.51. The average molecular weight is 468 g/mol. The van der Waals surface area contributed by atoms with Crippen LogP contribution in [0.1, 0.15) is 6.23 Å². The van der Waals surface area contributed by atoms with Gasteiger partial charge in [0, 0.05) is 10.6 Å². The van der Waals surface area contributed by atoms with Crippen molar-refractivity contribution in [1.82, 2.24) is 19.5 Å². The van der Waals surface area contributed by atoms with Gasteiger partial charge in [0.05, 0.1) is 6.61 Å². The highest BCUT2D eigenvalue weighted by Gasteiger charge is 2.53. The normalized spacial score (nSPS) is 30.5. The fraction of sp³-hybridized carbons (Fsp3) is 0.312. The van der Waals surface area contributed by atoms with E-state index in [0.717, 1.165) is 11.8 Å². The number of nitrogens with zero attached hydrogens (tertiary/aromatic N) is 3. The van der Waals surface area contributed by atoms with Gasteiger partial charge in [0.2, 0.25) is 5.95 Å². The number of H-pyrrole nitrogens is 1. The number of aliphatic hydroxyl groups is 1. The first-order valence-corrected chi connectivity index (χ1v) is 11.3. The molecular weight excluding hydrogens is 451 g/mol. The van der Waals surface area contributed by atoms with Crippen LogP contribution in [0.15, 0.2) is 39.1 Å². The first-order valence-electron chi connectivity index (χ1n) is 9.03. The van der Waals surface area contributed by atoms with E-state index in [9.17, 15) is 19.4 Å². The highest BCUT2D eigenvalue weighted by Crippen LogP contribution is 2.53. The maximum Gasteiger partial charge on any atom is 0.472 e. The second-order valence-electron chi connectivity index (χ2n) is 6.92. The summed E-state index contributed by atoms with van der Waals surface area (Å²) in [4.78, 5) is 33.6. The zero-order valence-corrected chi connectivity index (χ0v) is 17.3. The van der Waals surface area contributed by atoms with Gasteiger partial charge in [0.15, 0.2) is 22.5 Å². The molecule has 2 aliphatic heterocycles. The van der Waals surface area contributed by atoms with E-state index in [-0.39, 0.29) is 28.9 Å². The predicted octanol–water partition coefficient (Wildman–Crippen LogP) is 0.209. The van der Waals surface area contributed by atoms with Crippen molar-refractivity contribution < 1.29 is 28.3 Å². The number of anilines is 2. The number of aromatic amines is 1. The van der Waals surface area contributed by atoms with Gasteiger partial charge in [-0.25, -0.2) is 9.55 Å². The fourth-order valence-corrected chi connectivity index (χ4v) is 5.42. The zero-order chi connectivity index (χ0) is 21.9. The van der Waals surface area contributed by atoms with Crippen LogP contribution < -0.4 is 17.0 Å². The number of aliphatic hydroxyl groups excluding tert-OH is 1. The van der Waals surface area contributed by atoms with Crippen LogP contribution in [0.5, 0.6) is 0 Å². The van der Waals surface area contributed by atoms with Gasteiger partial charge in [0.25, 0.3) is 5.56 Å².